The van der Waals surface area contributed by atoms with Crippen molar-refractivity contribution in [3.63, 3.8) is 0 Å². The molecule has 3 nitrogen and oxygen atoms in total. The molecule has 0 atom stereocenters. The van der Waals surface area contributed by atoms with Gasteiger partial charge < -0.3 is 5.32 Å². The molecule has 1 N–H and O–H groups in total. The normalized spacial score (nSPS) is 10.8. The highest BCUT2D eigenvalue weighted by Gasteiger charge is 2.09. The lowest BCUT2D eigenvalue weighted by Crippen LogP contribution is -2.27. The number of nitrogens with one attached hydrogen (secondary N) is 1. The minimum atomic E-state index is 0.0482. The van der Waals surface area contributed by atoms with Crippen LogP contribution in [0, 0.1) is 13.8 Å². The van der Waals surface area contributed by atoms with Gasteiger partial charge in [0.1, 0.15) is 5.03 Å². The van der Waals surface area contributed by atoms with E-state index in [2.05, 4.69) is 42.6 Å². The Morgan fingerprint density at radius 1 is 1.04 bits per heavy atom. The van der Waals surface area contributed by atoms with E-state index in [0.717, 1.165) is 33.5 Å². The highest BCUT2D eigenvalue weighted by atomic mass is 32.2. The van der Waals surface area contributed by atoms with Crippen molar-refractivity contribution >= 4 is 28.6 Å². The summed E-state index contributed by atoms with van der Waals surface area (Å²) in [5.74, 6) is 0.437. The molecule has 128 valence electrons. The largest absolute Gasteiger partial charge is 0.355 e. The average molecular weight is 350 g/mol. The number of nitrogens with zero attached hydrogens (tertiary/aromatic N) is 1. The second-order valence-corrected chi connectivity index (χ2v) is 7.10. The van der Waals surface area contributed by atoms with E-state index in [1.165, 1.54) is 17.3 Å². The van der Waals surface area contributed by atoms with Gasteiger partial charge in [-0.15, -0.1) is 0 Å². The van der Waals surface area contributed by atoms with E-state index < -0.39 is 0 Å². The summed E-state index contributed by atoms with van der Waals surface area (Å²) in [5.41, 5.74) is 4.52. The van der Waals surface area contributed by atoms with E-state index in [0.29, 0.717) is 12.3 Å². The van der Waals surface area contributed by atoms with Crippen LogP contribution >= 0.6 is 11.8 Å². The van der Waals surface area contributed by atoms with Crippen molar-refractivity contribution in [3.8, 4) is 0 Å². The van der Waals surface area contributed by atoms with Crippen molar-refractivity contribution in [2.75, 3.05) is 12.3 Å². The fraction of sp³-hybridized carbons (Fsp3) is 0.238. The van der Waals surface area contributed by atoms with Gasteiger partial charge >= 0.3 is 0 Å². The Kier molecular flexibility index (Phi) is 5.71. The van der Waals surface area contributed by atoms with Crippen molar-refractivity contribution in [1.29, 1.82) is 0 Å². The zero-order chi connectivity index (χ0) is 17.6. The predicted molar refractivity (Wildman–Crippen MR) is 105 cm³/mol. The number of para-hydroxylation sites is 1. The van der Waals surface area contributed by atoms with Gasteiger partial charge in [0.25, 0.3) is 0 Å². The molecule has 0 aliphatic heterocycles. The van der Waals surface area contributed by atoms with Gasteiger partial charge in [-0.05, 0) is 43.0 Å². The van der Waals surface area contributed by atoms with Gasteiger partial charge in [-0.25, -0.2) is 4.98 Å². The van der Waals surface area contributed by atoms with Gasteiger partial charge in [-0.2, -0.15) is 0 Å². The Morgan fingerprint density at radius 2 is 1.84 bits per heavy atom. The second-order valence-electron chi connectivity index (χ2n) is 6.13. The molecule has 0 aliphatic carbocycles. The number of hydrogen-bond donors (Lipinski definition) is 1. The molecule has 0 fully saturated rings. The third-order valence-electron chi connectivity index (χ3n) is 4.11. The van der Waals surface area contributed by atoms with Gasteiger partial charge in [0, 0.05) is 11.9 Å². The topological polar surface area (TPSA) is 42.0 Å². The van der Waals surface area contributed by atoms with E-state index in [1.54, 1.807) is 0 Å². The lowest BCUT2D eigenvalue weighted by molar-refractivity contribution is -0.118. The third-order valence-corrected chi connectivity index (χ3v) is 5.20. The first-order valence-corrected chi connectivity index (χ1v) is 9.42. The number of amides is 1. The summed E-state index contributed by atoms with van der Waals surface area (Å²) in [5, 5.41) is 5.06. The number of rotatable bonds is 6. The Balaban J connectivity index is 1.56. The molecule has 4 heteroatoms. The average Bonchev–Trinajstić information content (AvgIpc) is 2.61. The lowest BCUT2D eigenvalue weighted by Gasteiger charge is -2.09. The fourth-order valence-electron chi connectivity index (χ4n) is 2.76. The van der Waals surface area contributed by atoms with Crippen molar-refractivity contribution in [1.82, 2.24) is 10.3 Å². The first-order chi connectivity index (χ1) is 12.1. The van der Waals surface area contributed by atoms with E-state index in [9.17, 15) is 4.79 Å². The molecule has 0 spiro atoms. The first kappa shape index (κ1) is 17.5. The van der Waals surface area contributed by atoms with Gasteiger partial charge in [-0.3, -0.25) is 4.79 Å². The Hall–Kier alpha value is -2.33. The molecule has 2 aromatic carbocycles. The van der Waals surface area contributed by atoms with Crippen LogP contribution in [0.25, 0.3) is 10.9 Å². The van der Waals surface area contributed by atoms with Crippen LogP contribution in [0.1, 0.15) is 16.7 Å². The molecule has 0 radical (unpaired) electrons. The van der Waals surface area contributed by atoms with E-state index >= 15 is 0 Å². The van der Waals surface area contributed by atoms with Crippen molar-refractivity contribution in [2.45, 2.75) is 25.3 Å². The molecular weight excluding hydrogens is 328 g/mol. The van der Waals surface area contributed by atoms with Gasteiger partial charge in [0.2, 0.25) is 5.91 Å². The molecule has 0 bridgehead atoms. The number of pyridine rings is 1. The van der Waals surface area contributed by atoms with Crippen LogP contribution in [0.4, 0.5) is 0 Å². The minimum absolute atomic E-state index is 0.0482. The zero-order valence-corrected chi connectivity index (χ0v) is 15.4. The van der Waals surface area contributed by atoms with Crippen LogP contribution < -0.4 is 5.32 Å². The molecule has 3 rings (SSSR count). The molecule has 1 aromatic heterocycles. The summed E-state index contributed by atoms with van der Waals surface area (Å²) in [6.45, 7) is 4.77. The summed E-state index contributed by atoms with van der Waals surface area (Å²) >= 11 is 1.50. The molecule has 0 saturated carbocycles. The van der Waals surface area contributed by atoms with E-state index in [4.69, 9.17) is 4.98 Å². The van der Waals surface area contributed by atoms with Crippen LogP contribution in [-0.4, -0.2) is 23.2 Å². The van der Waals surface area contributed by atoms with E-state index in [1.807, 2.05) is 31.2 Å². The summed E-state index contributed by atoms with van der Waals surface area (Å²) in [6.07, 6.45) is 0.851. The van der Waals surface area contributed by atoms with Crippen LogP contribution in [0.15, 0.2) is 59.6 Å². The second kappa shape index (κ2) is 8.17. The Morgan fingerprint density at radius 3 is 2.64 bits per heavy atom. The summed E-state index contributed by atoms with van der Waals surface area (Å²) < 4.78 is 0. The summed E-state index contributed by atoms with van der Waals surface area (Å²) in [7, 11) is 0. The lowest BCUT2D eigenvalue weighted by atomic mass is 10.1. The number of carbonyl (C=O) groups excluding carboxylic acids is 1. The number of carbonyl (C=O) groups is 1. The smallest absolute Gasteiger partial charge is 0.230 e. The number of fused-ring (bicyclic) bond motifs is 1. The highest BCUT2D eigenvalue weighted by molar-refractivity contribution is 7.99. The monoisotopic (exact) mass is 350 g/mol. The maximum atomic E-state index is 12.1. The maximum absolute atomic E-state index is 12.1. The summed E-state index contributed by atoms with van der Waals surface area (Å²) in [6, 6.07) is 18.5. The molecule has 1 heterocycles. The fourth-order valence-corrected chi connectivity index (χ4v) is 3.57. The minimum Gasteiger partial charge on any atom is -0.355 e. The number of aryl methyl sites for hydroxylation is 2. The third kappa shape index (κ3) is 4.60. The van der Waals surface area contributed by atoms with Crippen molar-refractivity contribution in [3.05, 3.63) is 71.3 Å². The Bertz CT molecular complexity index is 878. The van der Waals surface area contributed by atoms with Gasteiger partial charge in [0.15, 0.2) is 0 Å². The quantitative estimate of drug-likeness (QED) is 0.674. The maximum Gasteiger partial charge on any atom is 0.230 e. The molecule has 0 unspecified atom stereocenters. The first-order valence-electron chi connectivity index (χ1n) is 8.44. The molecule has 3 aromatic rings. The van der Waals surface area contributed by atoms with Gasteiger partial charge in [-0.1, -0.05) is 60.3 Å². The number of hydrogen-bond acceptors (Lipinski definition) is 3. The van der Waals surface area contributed by atoms with Crippen molar-refractivity contribution in [2.24, 2.45) is 0 Å². The molecule has 0 aliphatic rings. The molecule has 25 heavy (non-hydrogen) atoms. The molecule has 1 amide bonds. The molecular formula is C21H22N2OS. The van der Waals surface area contributed by atoms with E-state index in [-0.39, 0.29) is 5.91 Å². The van der Waals surface area contributed by atoms with Crippen LogP contribution in [0.2, 0.25) is 0 Å². The number of thioether (sulfide) groups is 1. The van der Waals surface area contributed by atoms with Crippen LogP contribution in [-0.2, 0) is 11.2 Å². The standard InChI is InChI=1S/C21H22N2OS/c1-15-7-6-10-18-13-16(2)21(23-20(15)18)25-14-19(24)22-12-11-17-8-4-3-5-9-17/h3-10,13H,11-12,14H2,1-2H3,(H,22,24). The highest BCUT2D eigenvalue weighted by Crippen LogP contribution is 2.25. The zero-order valence-electron chi connectivity index (χ0n) is 14.6. The van der Waals surface area contributed by atoms with Crippen molar-refractivity contribution < 1.29 is 4.79 Å². The van der Waals surface area contributed by atoms with Gasteiger partial charge in [0.05, 0.1) is 11.3 Å². The van der Waals surface area contributed by atoms with Crippen LogP contribution in [0.5, 0.6) is 0 Å². The summed E-state index contributed by atoms with van der Waals surface area (Å²) in [4.78, 5) is 16.8. The SMILES string of the molecule is Cc1cc2cccc(C)c2nc1SCC(=O)NCCc1ccccc1. The predicted octanol–water partition coefficient (Wildman–Crippen LogP) is 4.30. The Labute approximate surface area is 152 Å². The number of aromatic nitrogens is 1. The van der Waals surface area contributed by atoms with Crippen LogP contribution in [0.3, 0.4) is 0 Å². The molecule has 0 saturated heterocycles. The number of benzene rings is 2.